The molecule has 1 rings (SSSR count). The highest BCUT2D eigenvalue weighted by Gasteiger charge is 2.08. The van der Waals surface area contributed by atoms with Crippen LogP contribution in [0.5, 0.6) is 11.5 Å². The highest BCUT2D eigenvalue weighted by Crippen LogP contribution is 2.16. The number of ether oxygens (including phenoxy) is 1. The highest BCUT2D eigenvalue weighted by atomic mass is 16.5. The van der Waals surface area contributed by atoms with Crippen molar-refractivity contribution in [1.82, 2.24) is 15.5 Å². The molecule has 0 spiro atoms. The average Bonchev–Trinajstić information content (AvgIpc) is 2.46. The molecule has 1 aromatic carbocycles. The minimum atomic E-state index is -0.456. The van der Waals surface area contributed by atoms with Crippen LogP contribution in [0, 0.1) is 0 Å². The van der Waals surface area contributed by atoms with Gasteiger partial charge < -0.3 is 25.4 Å². The smallest absolute Gasteiger partial charge is 0.317 e. The number of amides is 2. The van der Waals surface area contributed by atoms with Gasteiger partial charge in [-0.2, -0.15) is 0 Å². The number of rotatable bonds is 8. The number of phenolic OH excluding ortho intramolecular Hbond substituents is 1. The quantitative estimate of drug-likeness (QED) is 0.639. The Hall–Kier alpha value is -1.95. The Bertz CT molecular complexity index is 419. The van der Waals surface area contributed by atoms with Crippen LogP contribution in [-0.2, 0) is 0 Å². The van der Waals surface area contributed by atoms with Crippen molar-refractivity contribution in [2.45, 2.75) is 27.0 Å². The number of carbonyl (C=O) groups is 1. The normalized spacial score (nSPS) is 12.0. The molecule has 1 unspecified atom stereocenters. The Balaban J connectivity index is 2.25. The van der Waals surface area contributed by atoms with Gasteiger partial charge in [0.25, 0.3) is 0 Å². The van der Waals surface area contributed by atoms with Crippen molar-refractivity contribution < 1.29 is 14.6 Å². The summed E-state index contributed by atoms with van der Waals surface area (Å²) in [5, 5.41) is 14.7. The molecular weight excluding hydrogens is 270 g/mol. The third kappa shape index (κ3) is 6.85. The first-order chi connectivity index (χ1) is 10.0. The molecule has 6 nitrogen and oxygen atoms in total. The molecule has 0 bridgehead atoms. The van der Waals surface area contributed by atoms with Crippen molar-refractivity contribution in [2.75, 3.05) is 26.2 Å². The molecule has 3 N–H and O–H groups in total. The van der Waals surface area contributed by atoms with Gasteiger partial charge in [-0.3, -0.25) is 0 Å². The average molecular weight is 295 g/mol. The van der Waals surface area contributed by atoms with Crippen LogP contribution in [0.1, 0.15) is 20.8 Å². The molecule has 6 heteroatoms. The molecular formula is C15H25N3O3. The molecule has 0 heterocycles. The zero-order valence-corrected chi connectivity index (χ0v) is 12.9. The van der Waals surface area contributed by atoms with Gasteiger partial charge in [-0.25, -0.2) is 4.79 Å². The van der Waals surface area contributed by atoms with Crippen LogP contribution in [0.4, 0.5) is 4.79 Å². The zero-order valence-electron chi connectivity index (χ0n) is 12.9. The summed E-state index contributed by atoms with van der Waals surface area (Å²) in [6.45, 7) is 9.30. The van der Waals surface area contributed by atoms with Crippen molar-refractivity contribution in [3.8, 4) is 11.5 Å². The molecule has 0 aliphatic heterocycles. The van der Waals surface area contributed by atoms with Crippen molar-refractivity contribution in [2.24, 2.45) is 0 Å². The molecule has 0 saturated heterocycles. The maximum Gasteiger partial charge on any atom is 0.317 e. The number of benzene rings is 1. The van der Waals surface area contributed by atoms with Gasteiger partial charge in [-0.05, 0) is 44.3 Å². The molecule has 1 aromatic rings. The summed E-state index contributed by atoms with van der Waals surface area (Å²) in [6.07, 6.45) is -0.456. The van der Waals surface area contributed by atoms with E-state index in [1.54, 1.807) is 19.1 Å². The van der Waals surface area contributed by atoms with Crippen LogP contribution < -0.4 is 15.4 Å². The Morgan fingerprint density at radius 1 is 1.29 bits per heavy atom. The molecule has 0 aliphatic rings. The maximum absolute atomic E-state index is 11.7. The molecule has 1 atom stereocenters. The molecule has 0 saturated carbocycles. The van der Waals surface area contributed by atoms with Gasteiger partial charge in [0, 0.05) is 13.1 Å². The van der Waals surface area contributed by atoms with Gasteiger partial charge in [-0.15, -0.1) is 0 Å². The summed E-state index contributed by atoms with van der Waals surface area (Å²) >= 11 is 0. The van der Waals surface area contributed by atoms with E-state index in [4.69, 9.17) is 4.74 Å². The van der Waals surface area contributed by atoms with Crippen LogP contribution >= 0.6 is 0 Å². The summed E-state index contributed by atoms with van der Waals surface area (Å²) < 4.78 is 5.52. The van der Waals surface area contributed by atoms with Crippen molar-refractivity contribution in [1.29, 1.82) is 0 Å². The van der Waals surface area contributed by atoms with Gasteiger partial charge in [0.15, 0.2) is 6.23 Å². The fraction of sp³-hybridized carbons (Fsp3) is 0.533. The first-order valence-electron chi connectivity index (χ1n) is 7.27. The summed E-state index contributed by atoms with van der Waals surface area (Å²) in [5.74, 6) is 0.765. The fourth-order valence-electron chi connectivity index (χ4n) is 1.86. The first kappa shape index (κ1) is 17.1. The van der Waals surface area contributed by atoms with E-state index in [9.17, 15) is 9.90 Å². The number of phenols is 1. The van der Waals surface area contributed by atoms with E-state index in [1.807, 2.05) is 0 Å². The number of urea groups is 1. The lowest BCUT2D eigenvalue weighted by Gasteiger charge is -2.19. The molecule has 0 aromatic heterocycles. The van der Waals surface area contributed by atoms with Crippen LogP contribution in [0.2, 0.25) is 0 Å². The van der Waals surface area contributed by atoms with E-state index in [-0.39, 0.29) is 11.8 Å². The Morgan fingerprint density at radius 3 is 2.48 bits per heavy atom. The van der Waals surface area contributed by atoms with Crippen molar-refractivity contribution in [3.05, 3.63) is 24.3 Å². The lowest BCUT2D eigenvalue weighted by atomic mass is 10.3. The predicted octanol–water partition coefficient (Wildman–Crippen LogP) is 1.76. The van der Waals surface area contributed by atoms with E-state index in [0.29, 0.717) is 12.3 Å². The molecule has 21 heavy (non-hydrogen) atoms. The molecule has 0 radical (unpaired) electrons. The molecule has 118 valence electrons. The number of hydrogen-bond donors (Lipinski definition) is 3. The zero-order chi connectivity index (χ0) is 15.7. The van der Waals surface area contributed by atoms with Crippen molar-refractivity contribution >= 4 is 6.03 Å². The topological polar surface area (TPSA) is 73.8 Å². The second kappa shape index (κ2) is 9.07. The van der Waals surface area contributed by atoms with E-state index >= 15 is 0 Å². The number of nitrogens with one attached hydrogen (secondary N) is 2. The number of nitrogens with zero attached hydrogens (tertiary/aromatic N) is 1. The third-order valence-electron chi connectivity index (χ3n) is 3.09. The van der Waals surface area contributed by atoms with Crippen LogP contribution in [-0.4, -0.2) is 48.4 Å². The molecule has 2 amide bonds. The lowest BCUT2D eigenvalue weighted by molar-refractivity contribution is 0.176. The monoisotopic (exact) mass is 295 g/mol. The van der Waals surface area contributed by atoms with Gasteiger partial charge >= 0.3 is 6.03 Å². The third-order valence-corrected chi connectivity index (χ3v) is 3.09. The Morgan fingerprint density at radius 2 is 1.90 bits per heavy atom. The Labute approximate surface area is 126 Å². The number of carbonyl (C=O) groups excluding carboxylic acids is 1. The van der Waals surface area contributed by atoms with Crippen LogP contribution in [0.25, 0.3) is 0 Å². The standard InChI is InChI=1S/C15H25N3O3/c1-4-18(5-2)11-10-16-15(20)17-12(3)21-14-8-6-13(19)7-9-14/h6-9,12,19H,4-5,10-11H2,1-3H3,(H2,16,17,20). The molecule has 0 fully saturated rings. The summed E-state index contributed by atoms with van der Waals surface area (Å²) in [5.41, 5.74) is 0. The van der Waals surface area contributed by atoms with E-state index < -0.39 is 6.23 Å². The predicted molar refractivity (Wildman–Crippen MR) is 82.5 cm³/mol. The van der Waals surface area contributed by atoms with Crippen molar-refractivity contribution in [3.63, 3.8) is 0 Å². The number of hydrogen-bond acceptors (Lipinski definition) is 4. The summed E-state index contributed by atoms with van der Waals surface area (Å²) in [4.78, 5) is 13.9. The van der Waals surface area contributed by atoms with Crippen LogP contribution in [0.15, 0.2) is 24.3 Å². The first-order valence-corrected chi connectivity index (χ1v) is 7.27. The fourth-order valence-corrected chi connectivity index (χ4v) is 1.86. The van der Waals surface area contributed by atoms with E-state index in [2.05, 4.69) is 29.4 Å². The second-order valence-electron chi connectivity index (χ2n) is 4.68. The van der Waals surface area contributed by atoms with Crippen LogP contribution in [0.3, 0.4) is 0 Å². The number of aromatic hydroxyl groups is 1. The second-order valence-corrected chi connectivity index (χ2v) is 4.68. The summed E-state index contributed by atoms with van der Waals surface area (Å²) in [7, 11) is 0. The maximum atomic E-state index is 11.7. The molecule has 0 aliphatic carbocycles. The van der Waals surface area contributed by atoms with Gasteiger partial charge in [-0.1, -0.05) is 13.8 Å². The van der Waals surface area contributed by atoms with Gasteiger partial charge in [0.05, 0.1) is 0 Å². The minimum absolute atomic E-state index is 0.178. The van der Waals surface area contributed by atoms with E-state index in [1.165, 1.54) is 12.1 Å². The minimum Gasteiger partial charge on any atom is -0.508 e. The number of likely N-dealkylation sites (N-methyl/N-ethyl adjacent to an activating group) is 1. The van der Waals surface area contributed by atoms with Gasteiger partial charge in [0.1, 0.15) is 11.5 Å². The largest absolute Gasteiger partial charge is 0.508 e. The lowest BCUT2D eigenvalue weighted by Crippen LogP contribution is -2.45. The summed E-state index contributed by atoms with van der Waals surface area (Å²) in [6, 6.07) is 6.10. The highest BCUT2D eigenvalue weighted by molar-refractivity contribution is 5.73. The Kier molecular flexibility index (Phi) is 7.39. The SMILES string of the molecule is CCN(CC)CCNC(=O)NC(C)Oc1ccc(O)cc1. The van der Waals surface area contributed by atoms with E-state index in [0.717, 1.165) is 19.6 Å². The van der Waals surface area contributed by atoms with Gasteiger partial charge in [0.2, 0.25) is 0 Å².